The first-order valence-electron chi connectivity index (χ1n) is 10.8. The molecular formula is C24H34IN5O. The maximum Gasteiger partial charge on any atom is 0.251 e. The zero-order chi connectivity index (χ0) is 21.3. The van der Waals surface area contributed by atoms with Crippen molar-refractivity contribution in [2.24, 2.45) is 4.99 Å². The number of hydrogen-bond acceptors (Lipinski definition) is 3. The molecule has 0 saturated carbocycles. The molecule has 0 aliphatic carbocycles. The van der Waals surface area contributed by atoms with Crippen LogP contribution < -0.4 is 15.5 Å². The number of nitrogens with zero attached hydrogens (tertiary/aromatic N) is 3. The van der Waals surface area contributed by atoms with Crippen molar-refractivity contribution < 1.29 is 4.79 Å². The van der Waals surface area contributed by atoms with Crippen LogP contribution in [0, 0.1) is 6.92 Å². The highest BCUT2D eigenvalue weighted by Gasteiger charge is 2.19. The summed E-state index contributed by atoms with van der Waals surface area (Å²) in [5.74, 6) is 0.920. The fourth-order valence-electron chi connectivity index (χ4n) is 3.73. The molecule has 0 atom stereocenters. The number of guanidine groups is 1. The second-order valence-electron chi connectivity index (χ2n) is 7.58. The highest BCUT2D eigenvalue weighted by atomic mass is 127. The molecule has 0 aromatic heterocycles. The summed E-state index contributed by atoms with van der Waals surface area (Å²) >= 11 is 0. The van der Waals surface area contributed by atoms with Gasteiger partial charge in [-0.05, 0) is 55.7 Å². The summed E-state index contributed by atoms with van der Waals surface area (Å²) in [6, 6.07) is 16.5. The van der Waals surface area contributed by atoms with E-state index >= 15 is 0 Å². The molecule has 168 valence electrons. The molecule has 2 N–H and O–H groups in total. The third kappa shape index (κ3) is 7.12. The number of rotatable bonds is 6. The SMILES string of the molecule is CCNC(=NCCc1cccc(C(=O)NC)c1)N1CCN(c2cccc(C)c2)CC1.I. The van der Waals surface area contributed by atoms with Crippen LogP contribution in [0.1, 0.15) is 28.4 Å². The molecule has 1 heterocycles. The molecule has 0 spiro atoms. The summed E-state index contributed by atoms with van der Waals surface area (Å²) in [5, 5.41) is 6.11. The van der Waals surface area contributed by atoms with Gasteiger partial charge in [0.15, 0.2) is 5.96 Å². The summed E-state index contributed by atoms with van der Waals surface area (Å²) in [6.45, 7) is 9.66. The fourth-order valence-corrected chi connectivity index (χ4v) is 3.73. The van der Waals surface area contributed by atoms with Crippen LogP contribution in [0.15, 0.2) is 53.5 Å². The van der Waals surface area contributed by atoms with Crippen LogP contribution in [0.3, 0.4) is 0 Å². The summed E-state index contributed by atoms with van der Waals surface area (Å²) in [6.07, 6.45) is 0.809. The van der Waals surface area contributed by atoms with Crippen molar-refractivity contribution >= 4 is 41.5 Å². The van der Waals surface area contributed by atoms with Crippen LogP contribution in [0.5, 0.6) is 0 Å². The lowest BCUT2D eigenvalue weighted by molar-refractivity contribution is 0.0963. The molecule has 6 nitrogen and oxygen atoms in total. The van der Waals surface area contributed by atoms with Crippen LogP contribution >= 0.6 is 24.0 Å². The minimum atomic E-state index is -0.0554. The average molecular weight is 535 g/mol. The highest BCUT2D eigenvalue weighted by Crippen LogP contribution is 2.18. The van der Waals surface area contributed by atoms with E-state index in [0.29, 0.717) is 12.1 Å². The van der Waals surface area contributed by atoms with E-state index in [1.54, 1.807) is 7.05 Å². The lowest BCUT2D eigenvalue weighted by Gasteiger charge is -2.37. The van der Waals surface area contributed by atoms with Crippen LogP contribution in [-0.4, -0.2) is 63.1 Å². The van der Waals surface area contributed by atoms with Crippen molar-refractivity contribution in [1.82, 2.24) is 15.5 Å². The van der Waals surface area contributed by atoms with Crippen molar-refractivity contribution in [1.29, 1.82) is 0 Å². The molecule has 7 heteroatoms. The van der Waals surface area contributed by atoms with Gasteiger partial charge in [0, 0.05) is 57.6 Å². The first-order chi connectivity index (χ1) is 14.6. The van der Waals surface area contributed by atoms with Crippen LogP contribution in [0.4, 0.5) is 5.69 Å². The van der Waals surface area contributed by atoms with Crippen LogP contribution in [0.2, 0.25) is 0 Å². The summed E-state index contributed by atoms with van der Waals surface area (Å²) in [4.78, 5) is 21.5. The number of benzene rings is 2. The van der Waals surface area contributed by atoms with Crippen molar-refractivity contribution in [3.8, 4) is 0 Å². The summed E-state index contributed by atoms with van der Waals surface area (Å²) in [5.41, 5.74) is 4.41. The van der Waals surface area contributed by atoms with Crippen molar-refractivity contribution in [3.63, 3.8) is 0 Å². The third-order valence-electron chi connectivity index (χ3n) is 5.36. The van der Waals surface area contributed by atoms with E-state index in [1.807, 2.05) is 18.2 Å². The van der Waals surface area contributed by atoms with Gasteiger partial charge in [-0.1, -0.05) is 24.3 Å². The van der Waals surface area contributed by atoms with E-state index in [9.17, 15) is 4.79 Å². The largest absolute Gasteiger partial charge is 0.368 e. The normalized spacial score (nSPS) is 14.1. The lowest BCUT2D eigenvalue weighted by atomic mass is 10.1. The van der Waals surface area contributed by atoms with Crippen molar-refractivity contribution in [3.05, 3.63) is 65.2 Å². The van der Waals surface area contributed by atoms with Gasteiger partial charge in [0.05, 0.1) is 0 Å². The predicted molar refractivity (Wildman–Crippen MR) is 140 cm³/mol. The number of halogens is 1. The summed E-state index contributed by atoms with van der Waals surface area (Å²) < 4.78 is 0. The molecule has 2 aromatic rings. The topological polar surface area (TPSA) is 60.0 Å². The molecule has 1 amide bonds. The number of aliphatic imine (C=N–C) groups is 1. The second-order valence-corrected chi connectivity index (χ2v) is 7.58. The van der Waals surface area contributed by atoms with Crippen molar-refractivity contribution in [2.75, 3.05) is 51.2 Å². The second kappa shape index (κ2) is 12.5. The number of anilines is 1. The smallest absolute Gasteiger partial charge is 0.251 e. The van der Waals surface area contributed by atoms with Gasteiger partial charge < -0.3 is 20.4 Å². The first kappa shape index (κ1) is 25.0. The molecule has 1 aliphatic rings. The Labute approximate surface area is 203 Å². The van der Waals surface area contributed by atoms with Gasteiger partial charge in [-0.15, -0.1) is 24.0 Å². The maximum absolute atomic E-state index is 11.8. The molecular weight excluding hydrogens is 501 g/mol. The highest BCUT2D eigenvalue weighted by molar-refractivity contribution is 14.0. The molecule has 0 radical (unpaired) electrons. The van der Waals surface area contributed by atoms with Crippen LogP contribution in [0.25, 0.3) is 0 Å². The standard InChI is InChI=1S/C24H33N5O.HI/c1-4-26-24(27-12-11-20-8-6-9-21(18-20)23(30)25-3)29-15-13-28(14-16-29)22-10-5-7-19(2)17-22;/h5-10,17-18H,4,11-16H2,1-3H3,(H,25,30)(H,26,27);1H. The third-order valence-corrected chi connectivity index (χ3v) is 5.36. The molecule has 2 aromatic carbocycles. The van der Waals surface area contributed by atoms with Gasteiger partial charge >= 0.3 is 0 Å². The van der Waals surface area contributed by atoms with Gasteiger partial charge in [0.1, 0.15) is 0 Å². The Morgan fingerprint density at radius 2 is 1.81 bits per heavy atom. The van der Waals surface area contributed by atoms with E-state index < -0.39 is 0 Å². The number of hydrogen-bond donors (Lipinski definition) is 2. The van der Waals surface area contributed by atoms with Crippen LogP contribution in [-0.2, 0) is 6.42 Å². The number of nitrogens with one attached hydrogen (secondary N) is 2. The molecule has 0 bridgehead atoms. The number of aryl methyl sites for hydroxylation is 1. The Kier molecular flexibility index (Phi) is 10.1. The quantitative estimate of drug-likeness (QED) is 0.339. The molecule has 1 fully saturated rings. The molecule has 1 aliphatic heterocycles. The predicted octanol–water partition coefficient (Wildman–Crippen LogP) is 3.30. The minimum Gasteiger partial charge on any atom is -0.368 e. The molecule has 3 rings (SSSR count). The Hall–Kier alpha value is -2.29. The molecule has 31 heavy (non-hydrogen) atoms. The minimum absolute atomic E-state index is 0. The average Bonchev–Trinajstić information content (AvgIpc) is 2.78. The van der Waals surface area contributed by atoms with E-state index in [4.69, 9.17) is 4.99 Å². The van der Waals surface area contributed by atoms with E-state index in [1.165, 1.54) is 11.3 Å². The number of amides is 1. The van der Waals surface area contributed by atoms with Crippen molar-refractivity contribution in [2.45, 2.75) is 20.3 Å². The fraction of sp³-hybridized carbons (Fsp3) is 0.417. The zero-order valence-corrected chi connectivity index (χ0v) is 21.1. The Balaban J connectivity index is 0.00000341. The van der Waals surface area contributed by atoms with Gasteiger partial charge in [-0.3, -0.25) is 9.79 Å². The lowest BCUT2D eigenvalue weighted by Crippen LogP contribution is -2.52. The zero-order valence-electron chi connectivity index (χ0n) is 18.7. The van der Waals surface area contributed by atoms with E-state index in [-0.39, 0.29) is 29.9 Å². The van der Waals surface area contributed by atoms with Gasteiger partial charge in [-0.25, -0.2) is 0 Å². The number of carbonyl (C=O) groups excluding carboxylic acids is 1. The van der Waals surface area contributed by atoms with Gasteiger partial charge in [0.2, 0.25) is 0 Å². The Morgan fingerprint density at radius 1 is 1.06 bits per heavy atom. The molecule has 1 saturated heterocycles. The van der Waals surface area contributed by atoms with E-state index in [0.717, 1.165) is 50.7 Å². The molecule has 0 unspecified atom stereocenters. The summed E-state index contributed by atoms with van der Waals surface area (Å²) in [7, 11) is 1.65. The van der Waals surface area contributed by atoms with Gasteiger partial charge in [0.25, 0.3) is 5.91 Å². The van der Waals surface area contributed by atoms with Gasteiger partial charge in [-0.2, -0.15) is 0 Å². The Morgan fingerprint density at radius 3 is 2.48 bits per heavy atom. The number of piperazine rings is 1. The first-order valence-corrected chi connectivity index (χ1v) is 10.8. The Bertz CT molecular complexity index is 878. The number of carbonyl (C=O) groups is 1. The van der Waals surface area contributed by atoms with E-state index in [2.05, 4.69) is 64.6 Å². The maximum atomic E-state index is 11.8. The monoisotopic (exact) mass is 535 g/mol.